The van der Waals surface area contributed by atoms with E-state index in [0.717, 1.165) is 13.0 Å². The predicted octanol–water partition coefficient (Wildman–Crippen LogP) is 2.73. The second-order valence-electron chi connectivity index (χ2n) is 3.77. The lowest BCUT2D eigenvalue weighted by molar-refractivity contribution is 0.595. The van der Waals surface area contributed by atoms with Crippen molar-refractivity contribution in [2.45, 2.75) is 13.3 Å². The molecule has 7 heteroatoms. The standard InChI is InChI=1S/C11H16Cl2N2O2S/c1-2-6-14-7-8-18(16,17)15-11-9(12)4-3-5-10(11)13/h3-5,14-15H,2,6-8H2,1H3. The van der Waals surface area contributed by atoms with Crippen LogP contribution in [0.1, 0.15) is 13.3 Å². The quantitative estimate of drug-likeness (QED) is 0.761. The van der Waals surface area contributed by atoms with Crippen LogP contribution in [0.25, 0.3) is 0 Å². The molecule has 0 saturated carbocycles. The Kier molecular flexibility index (Phi) is 6.21. The second-order valence-corrected chi connectivity index (χ2v) is 6.42. The second kappa shape index (κ2) is 7.19. The van der Waals surface area contributed by atoms with Gasteiger partial charge in [0, 0.05) is 6.54 Å². The molecule has 2 N–H and O–H groups in total. The van der Waals surface area contributed by atoms with Gasteiger partial charge in [0.05, 0.1) is 21.5 Å². The van der Waals surface area contributed by atoms with Crippen molar-refractivity contribution < 1.29 is 8.42 Å². The number of anilines is 1. The minimum absolute atomic E-state index is 0.0193. The summed E-state index contributed by atoms with van der Waals surface area (Å²) in [4.78, 5) is 0. The van der Waals surface area contributed by atoms with E-state index in [0.29, 0.717) is 6.54 Å². The molecule has 0 saturated heterocycles. The van der Waals surface area contributed by atoms with Gasteiger partial charge >= 0.3 is 0 Å². The first-order valence-electron chi connectivity index (χ1n) is 5.61. The van der Waals surface area contributed by atoms with Crippen LogP contribution in [0.4, 0.5) is 5.69 Å². The number of para-hydroxylation sites is 1. The monoisotopic (exact) mass is 310 g/mol. The molecule has 1 rings (SSSR count). The van der Waals surface area contributed by atoms with E-state index in [4.69, 9.17) is 23.2 Å². The van der Waals surface area contributed by atoms with Gasteiger partial charge in [0.2, 0.25) is 10.0 Å². The normalized spacial score (nSPS) is 11.5. The highest BCUT2D eigenvalue weighted by Crippen LogP contribution is 2.30. The van der Waals surface area contributed by atoms with Crippen molar-refractivity contribution in [2.24, 2.45) is 0 Å². The number of rotatable bonds is 7. The third kappa shape index (κ3) is 5.02. The summed E-state index contributed by atoms with van der Waals surface area (Å²) in [6, 6.07) is 4.83. The molecule has 102 valence electrons. The van der Waals surface area contributed by atoms with E-state index in [1.54, 1.807) is 18.2 Å². The predicted molar refractivity (Wildman–Crippen MR) is 77.0 cm³/mol. The minimum Gasteiger partial charge on any atom is -0.316 e. The summed E-state index contributed by atoms with van der Waals surface area (Å²) < 4.78 is 26.0. The van der Waals surface area contributed by atoms with Gasteiger partial charge in [0.15, 0.2) is 0 Å². The smallest absolute Gasteiger partial charge is 0.234 e. The van der Waals surface area contributed by atoms with Crippen LogP contribution in [0.15, 0.2) is 18.2 Å². The van der Waals surface area contributed by atoms with Gasteiger partial charge in [-0.05, 0) is 25.1 Å². The molecular weight excluding hydrogens is 295 g/mol. The van der Waals surface area contributed by atoms with Gasteiger partial charge in [0.25, 0.3) is 0 Å². The third-order valence-electron chi connectivity index (χ3n) is 2.19. The molecule has 0 aliphatic rings. The number of hydrogen-bond acceptors (Lipinski definition) is 3. The zero-order valence-electron chi connectivity index (χ0n) is 10.0. The molecule has 18 heavy (non-hydrogen) atoms. The Labute approximate surface area is 118 Å². The fourth-order valence-electron chi connectivity index (χ4n) is 1.31. The highest BCUT2D eigenvalue weighted by atomic mass is 35.5. The SMILES string of the molecule is CCCNCCS(=O)(=O)Nc1c(Cl)cccc1Cl. The van der Waals surface area contributed by atoms with Gasteiger partial charge in [-0.25, -0.2) is 8.42 Å². The Hall–Kier alpha value is -0.490. The summed E-state index contributed by atoms with van der Waals surface area (Å²) >= 11 is 11.8. The average Bonchev–Trinajstić information content (AvgIpc) is 2.30. The molecular formula is C11H16Cl2N2O2S. The van der Waals surface area contributed by atoms with Crippen LogP contribution in [0, 0.1) is 0 Å². The van der Waals surface area contributed by atoms with Gasteiger partial charge < -0.3 is 5.32 Å². The van der Waals surface area contributed by atoms with E-state index in [1.807, 2.05) is 6.92 Å². The summed E-state index contributed by atoms with van der Waals surface area (Å²) in [7, 11) is -3.44. The summed E-state index contributed by atoms with van der Waals surface area (Å²) in [6.07, 6.45) is 0.962. The fourth-order valence-corrected chi connectivity index (χ4v) is 2.96. The molecule has 0 aliphatic carbocycles. The Morgan fingerprint density at radius 2 is 1.78 bits per heavy atom. The number of benzene rings is 1. The maximum atomic E-state index is 11.8. The van der Waals surface area contributed by atoms with Crippen LogP contribution in [0.3, 0.4) is 0 Å². The number of sulfonamides is 1. The Morgan fingerprint density at radius 1 is 1.17 bits per heavy atom. The van der Waals surface area contributed by atoms with Gasteiger partial charge in [-0.1, -0.05) is 36.2 Å². The van der Waals surface area contributed by atoms with Crippen LogP contribution < -0.4 is 10.0 Å². The summed E-state index contributed by atoms with van der Waals surface area (Å²) in [5, 5.41) is 3.59. The fraction of sp³-hybridized carbons (Fsp3) is 0.455. The van der Waals surface area contributed by atoms with E-state index in [-0.39, 0.29) is 21.5 Å². The Morgan fingerprint density at radius 3 is 2.33 bits per heavy atom. The van der Waals surface area contributed by atoms with Crippen LogP contribution in [-0.4, -0.2) is 27.3 Å². The molecule has 0 bridgehead atoms. The zero-order chi connectivity index (χ0) is 13.6. The van der Waals surface area contributed by atoms with Crippen molar-refractivity contribution in [3.05, 3.63) is 28.2 Å². The van der Waals surface area contributed by atoms with Crippen LogP contribution in [-0.2, 0) is 10.0 Å². The van der Waals surface area contributed by atoms with E-state index >= 15 is 0 Å². The lowest BCUT2D eigenvalue weighted by Crippen LogP contribution is -2.27. The van der Waals surface area contributed by atoms with Gasteiger partial charge in [-0.3, -0.25) is 4.72 Å². The highest BCUT2D eigenvalue weighted by Gasteiger charge is 2.14. The van der Waals surface area contributed by atoms with Crippen molar-refractivity contribution in [2.75, 3.05) is 23.6 Å². The van der Waals surface area contributed by atoms with Crippen molar-refractivity contribution in [3.63, 3.8) is 0 Å². The molecule has 0 radical (unpaired) electrons. The van der Waals surface area contributed by atoms with Crippen molar-refractivity contribution in [1.82, 2.24) is 5.32 Å². The van der Waals surface area contributed by atoms with Gasteiger partial charge in [-0.15, -0.1) is 0 Å². The van der Waals surface area contributed by atoms with Crippen LogP contribution in [0.5, 0.6) is 0 Å². The van der Waals surface area contributed by atoms with E-state index in [1.165, 1.54) is 0 Å². The molecule has 0 amide bonds. The molecule has 0 aliphatic heterocycles. The number of hydrogen-bond donors (Lipinski definition) is 2. The molecule has 4 nitrogen and oxygen atoms in total. The molecule has 0 atom stereocenters. The summed E-state index contributed by atoms with van der Waals surface area (Å²) in [6.45, 7) is 3.21. The maximum Gasteiger partial charge on any atom is 0.234 e. The maximum absolute atomic E-state index is 11.8. The molecule has 1 aromatic carbocycles. The molecule has 0 aromatic heterocycles. The molecule has 0 unspecified atom stereocenters. The Balaban J connectivity index is 2.65. The van der Waals surface area contributed by atoms with Gasteiger partial charge in [-0.2, -0.15) is 0 Å². The zero-order valence-corrected chi connectivity index (χ0v) is 12.4. The minimum atomic E-state index is -3.44. The lowest BCUT2D eigenvalue weighted by Gasteiger charge is -2.11. The van der Waals surface area contributed by atoms with E-state index in [9.17, 15) is 8.42 Å². The largest absolute Gasteiger partial charge is 0.316 e. The first-order valence-corrected chi connectivity index (χ1v) is 8.02. The van der Waals surface area contributed by atoms with Crippen molar-refractivity contribution in [3.8, 4) is 0 Å². The number of halogens is 2. The first kappa shape index (κ1) is 15.6. The molecule has 0 fully saturated rings. The molecule has 0 heterocycles. The van der Waals surface area contributed by atoms with Crippen molar-refractivity contribution >= 4 is 38.9 Å². The first-order chi connectivity index (χ1) is 8.46. The van der Waals surface area contributed by atoms with Crippen LogP contribution in [0.2, 0.25) is 10.0 Å². The van der Waals surface area contributed by atoms with Gasteiger partial charge in [0.1, 0.15) is 0 Å². The molecule has 0 spiro atoms. The summed E-state index contributed by atoms with van der Waals surface area (Å²) in [5.74, 6) is -0.0193. The van der Waals surface area contributed by atoms with Crippen molar-refractivity contribution in [1.29, 1.82) is 0 Å². The third-order valence-corrected chi connectivity index (χ3v) is 4.08. The average molecular weight is 311 g/mol. The lowest BCUT2D eigenvalue weighted by atomic mass is 10.3. The van der Waals surface area contributed by atoms with Crippen LogP contribution >= 0.6 is 23.2 Å². The topological polar surface area (TPSA) is 58.2 Å². The van der Waals surface area contributed by atoms with E-state index < -0.39 is 10.0 Å². The number of nitrogens with one attached hydrogen (secondary N) is 2. The Bertz CT molecular complexity index is 472. The summed E-state index contributed by atoms with van der Waals surface area (Å²) in [5.41, 5.74) is 0.233. The molecule has 1 aromatic rings. The highest BCUT2D eigenvalue weighted by molar-refractivity contribution is 7.92. The van der Waals surface area contributed by atoms with E-state index in [2.05, 4.69) is 10.0 Å².